The summed E-state index contributed by atoms with van der Waals surface area (Å²) in [5.41, 5.74) is 5.35. The molecule has 0 amide bonds. The first-order valence-electron chi connectivity index (χ1n) is 3.02. The minimum Gasteiger partial charge on any atom is -0.325 e. The highest BCUT2D eigenvalue weighted by atomic mass is 31.2. The van der Waals surface area contributed by atoms with Gasteiger partial charge in [0.2, 0.25) is 0 Å². The molecule has 0 saturated carbocycles. The Morgan fingerprint density at radius 2 is 2.27 bits per heavy atom. The molecule has 4 N–H and O–H groups in total. The van der Waals surface area contributed by atoms with Crippen LogP contribution in [-0.4, -0.2) is 22.4 Å². The molecule has 5 nitrogen and oxygen atoms in total. The van der Waals surface area contributed by atoms with E-state index in [4.69, 9.17) is 15.5 Å². The fraction of sp³-hybridized carbons (Fsp3) is 0.600. The van der Waals surface area contributed by atoms with Crippen molar-refractivity contribution in [1.82, 2.24) is 0 Å². The number of nitrogens with two attached hydrogens (primary N) is 1. The Hall–Kier alpha value is -0.190. The molecule has 0 aromatic heterocycles. The lowest BCUT2D eigenvalue weighted by atomic mass is 10.2. The van der Waals surface area contributed by atoms with E-state index in [1.54, 1.807) is 6.08 Å². The molecule has 0 aromatic rings. The third kappa shape index (κ3) is 7.71. The summed E-state index contributed by atoms with van der Waals surface area (Å²) in [6, 6.07) is -0.403. The summed E-state index contributed by atoms with van der Waals surface area (Å²) >= 11 is 0. The highest BCUT2D eigenvalue weighted by Gasteiger charge is 2.14. The SMILES string of the molecule is C=CCC(N)COP(=O)(O)O. The Balaban J connectivity index is 3.53. The van der Waals surface area contributed by atoms with Gasteiger partial charge >= 0.3 is 7.82 Å². The average Bonchev–Trinajstić information content (AvgIpc) is 1.83. The molecule has 0 saturated heterocycles. The molecule has 1 atom stereocenters. The molecule has 0 aromatic carbocycles. The molecule has 0 heterocycles. The van der Waals surface area contributed by atoms with Gasteiger partial charge in [-0.2, -0.15) is 0 Å². The summed E-state index contributed by atoms with van der Waals surface area (Å²) in [7, 11) is -4.36. The van der Waals surface area contributed by atoms with E-state index in [0.29, 0.717) is 6.42 Å². The fourth-order valence-electron chi connectivity index (χ4n) is 0.475. The standard InChI is InChI=1S/C5H12NO4P/c1-2-3-5(6)4-10-11(7,8)9/h2,5H,1,3-4,6H2,(H2,7,8,9). The van der Waals surface area contributed by atoms with Gasteiger partial charge in [0.25, 0.3) is 0 Å². The van der Waals surface area contributed by atoms with E-state index in [2.05, 4.69) is 11.1 Å². The van der Waals surface area contributed by atoms with Gasteiger partial charge in [-0.25, -0.2) is 4.57 Å². The van der Waals surface area contributed by atoms with E-state index in [1.807, 2.05) is 0 Å². The van der Waals surface area contributed by atoms with Crippen LogP contribution in [0.2, 0.25) is 0 Å². The molecule has 1 unspecified atom stereocenters. The normalized spacial score (nSPS) is 14.5. The van der Waals surface area contributed by atoms with E-state index < -0.39 is 13.9 Å². The number of phosphoric ester groups is 1. The van der Waals surface area contributed by atoms with Crippen LogP contribution in [0.4, 0.5) is 0 Å². The largest absolute Gasteiger partial charge is 0.469 e. The fourth-order valence-corrected chi connectivity index (χ4v) is 0.861. The highest BCUT2D eigenvalue weighted by molar-refractivity contribution is 7.46. The van der Waals surface area contributed by atoms with Crippen LogP contribution in [0.15, 0.2) is 12.7 Å². The first-order chi connectivity index (χ1) is 4.95. The van der Waals surface area contributed by atoms with Crippen molar-refractivity contribution in [2.45, 2.75) is 12.5 Å². The van der Waals surface area contributed by atoms with Gasteiger partial charge in [-0.1, -0.05) is 6.08 Å². The van der Waals surface area contributed by atoms with Crippen LogP contribution in [0.25, 0.3) is 0 Å². The van der Waals surface area contributed by atoms with Gasteiger partial charge in [-0.05, 0) is 6.42 Å². The van der Waals surface area contributed by atoms with Crippen molar-refractivity contribution in [3.05, 3.63) is 12.7 Å². The molecule has 0 bridgehead atoms. The van der Waals surface area contributed by atoms with Crippen LogP contribution < -0.4 is 5.73 Å². The Morgan fingerprint density at radius 1 is 1.73 bits per heavy atom. The molecule has 0 aliphatic rings. The van der Waals surface area contributed by atoms with E-state index in [-0.39, 0.29) is 6.61 Å². The summed E-state index contributed by atoms with van der Waals surface area (Å²) < 4.78 is 14.3. The monoisotopic (exact) mass is 181 g/mol. The topological polar surface area (TPSA) is 92.8 Å². The van der Waals surface area contributed by atoms with Gasteiger partial charge in [0.15, 0.2) is 0 Å². The van der Waals surface area contributed by atoms with Crippen molar-refractivity contribution < 1.29 is 18.9 Å². The number of phosphoric acid groups is 1. The van der Waals surface area contributed by atoms with Crippen LogP contribution in [0.5, 0.6) is 0 Å². The van der Waals surface area contributed by atoms with E-state index in [1.165, 1.54) is 0 Å². The number of hydrogen-bond donors (Lipinski definition) is 3. The Labute approximate surface area is 65.1 Å². The molecule has 0 radical (unpaired) electrons. The molecule has 0 fully saturated rings. The molecule has 0 aliphatic heterocycles. The van der Waals surface area contributed by atoms with Crippen LogP contribution in [0.3, 0.4) is 0 Å². The quantitative estimate of drug-likeness (QED) is 0.410. The maximum absolute atomic E-state index is 10.1. The lowest BCUT2D eigenvalue weighted by Gasteiger charge is -2.09. The average molecular weight is 181 g/mol. The van der Waals surface area contributed by atoms with Crippen molar-refractivity contribution in [1.29, 1.82) is 0 Å². The highest BCUT2D eigenvalue weighted by Crippen LogP contribution is 2.35. The van der Waals surface area contributed by atoms with E-state index in [0.717, 1.165) is 0 Å². The first-order valence-corrected chi connectivity index (χ1v) is 4.55. The van der Waals surface area contributed by atoms with Crippen LogP contribution in [0.1, 0.15) is 6.42 Å². The maximum Gasteiger partial charge on any atom is 0.469 e. The molecule has 66 valence electrons. The second kappa shape index (κ2) is 4.64. The maximum atomic E-state index is 10.1. The first kappa shape index (κ1) is 10.8. The second-order valence-corrected chi connectivity index (χ2v) is 3.31. The third-order valence-electron chi connectivity index (χ3n) is 0.926. The molecular formula is C5H12NO4P. The molecular weight excluding hydrogens is 169 g/mol. The van der Waals surface area contributed by atoms with Crippen molar-refractivity contribution in [2.75, 3.05) is 6.61 Å². The Kier molecular flexibility index (Phi) is 4.56. The van der Waals surface area contributed by atoms with Crippen molar-refractivity contribution in [3.8, 4) is 0 Å². The zero-order valence-corrected chi connectivity index (χ0v) is 6.91. The zero-order valence-electron chi connectivity index (χ0n) is 6.01. The summed E-state index contributed by atoms with van der Waals surface area (Å²) in [5.74, 6) is 0. The number of rotatable bonds is 5. The minimum atomic E-state index is -4.36. The Morgan fingerprint density at radius 3 is 2.64 bits per heavy atom. The predicted molar refractivity (Wildman–Crippen MR) is 40.8 cm³/mol. The lowest BCUT2D eigenvalue weighted by molar-refractivity contribution is 0.186. The molecule has 0 aliphatic carbocycles. The molecule has 0 spiro atoms. The molecule has 6 heteroatoms. The minimum absolute atomic E-state index is 0.156. The summed E-state index contributed by atoms with van der Waals surface area (Å²) in [6.07, 6.45) is 2.04. The second-order valence-electron chi connectivity index (χ2n) is 2.07. The van der Waals surface area contributed by atoms with Gasteiger partial charge in [-0.15, -0.1) is 6.58 Å². The smallest absolute Gasteiger partial charge is 0.325 e. The van der Waals surface area contributed by atoms with Crippen LogP contribution in [0, 0.1) is 0 Å². The molecule has 11 heavy (non-hydrogen) atoms. The molecule has 0 rings (SSSR count). The van der Waals surface area contributed by atoms with Crippen molar-refractivity contribution >= 4 is 7.82 Å². The third-order valence-corrected chi connectivity index (χ3v) is 1.41. The summed E-state index contributed by atoms with van der Waals surface area (Å²) in [5, 5.41) is 0. The van der Waals surface area contributed by atoms with Crippen LogP contribution in [-0.2, 0) is 9.09 Å². The van der Waals surface area contributed by atoms with Crippen LogP contribution >= 0.6 is 7.82 Å². The van der Waals surface area contributed by atoms with Gasteiger partial charge in [0.1, 0.15) is 0 Å². The number of hydrogen-bond acceptors (Lipinski definition) is 3. The zero-order chi connectivity index (χ0) is 8.91. The Bertz CT molecular complexity index is 166. The van der Waals surface area contributed by atoms with E-state index >= 15 is 0 Å². The van der Waals surface area contributed by atoms with Gasteiger partial charge in [0.05, 0.1) is 6.61 Å². The summed E-state index contributed by atoms with van der Waals surface area (Å²) in [4.78, 5) is 16.5. The van der Waals surface area contributed by atoms with Crippen molar-refractivity contribution in [2.24, 2.45) is 5.73 Å². The van der Waals surface area contributed by atoms with Gasteiger partial charge in [-0.3, -0.25) is 4.52 Å². The lowest BCUT2D eigenvalue weighted by Crippen LogP contribution is -2.24. The predicted octanol–water partition coefficient (Wildman–Crippen LogP) is -0.000900. The van der Waals surface area contributed by atoms with E-state index in [9.17, 15) is 4.57 Å². The van der Waals surface area contributed by atoms with Gasteiger partial charge in [0, 0.05) is 6.04 Å². The van der Waals surface area contributed by atoms with Gasteiger partial charge < -0.3 is 15.5 Å². The summed E-state index contributed by atoms with van der Waals surface area (Å²) in [6.45, 7) is 3.26. The van der Waals surface area contributed by atoms with Crippen molar-refractivity contribution in [3.63, 3.8) is 0 Å².